The summed E-state index contributed by atoms with van der Waals surface area (Å²) in [4.78, 5) is 0. The van der Waals surface area contributed by atoms with Crippen LogP contribution in [0.4, 0.5) is 0 Å². The fraction of sp³-hybridized carbons (Fsp3) is 1.00. The van der Waals surface area contributed by atoms with Crippen molar-refractivity contribution in [3.05, 3.63) is 0 Å². The Morgan fingerprint density at radius 3 is 2.53 bits per heavy atom. The van der Waals surface area contributed by atoms with E-state index in [2.05, 4.69) is 19.2 Å². The normalized spacial score (nSPS) is 17.4. The van der Waals surface area contributed by atoms with Crippen LogP contribution in [0.25, 0.3) is 0 Å². The largest absolute Gasteiger partial charge is 0.394 e. The molecule has 0 heterocycles. The summed E-state index contributed by atoms with van der Waals surface area (Å²) in [6.07, 6.45) is 4.60. The maximum Gasteiger partial charge on any atom is 0.0610 e. The molecule has 92 valence electrons. The van der Waals surface area contributed by atoms with Crippen LogP contribution in [0, 0.1) is 0 Å². The first-order valence-corrected chi connectivity index (χ1v) is 5.99. The van der Waals surface area contributed by atoms with Crippen LogP contribution in [0.15, 0.2) is 0 Å². The second-order valence-electron chi connectivity index (χ2n) is 4.52. The Morgan fingerprint density at radius 2 is 2.07 bits per heavy atom. The first-order chi connectivity index (χ1) is 7.08. The van der Waals surface area contributed by atoms with Crippen molar-refractivity contribution >= 4 is 0 Å². The van der Waals surface area contributed by atoms with Gasteiger partial charge in [0.15, 0.2) is 0 Å². The summed E-state index contributed by atoms with van der Waals surface area (Å²) in [5.41, 5.74) is -0.129. The van der Waals surface area contributed by atoms with Gasteiger partial charge in [-0.05, 0) is 46.6 Å². The van der Waals surface area contributed by atoms with Gasteiger partial charge in [-0.25, -0.2) is 0 Å². The van der Waals surface area contributed by atoms with Gasteiger partial charge in [0.2, 0.25) is 0 Å². The summed E-state index contributed by atoms with van der Waals surface area (Å²) in [7, 11) is 1.89. The molecular formula is C12H27NO2. The quantitative estimate of drug-likeness (QED) is 0.580. The smallest absolute Gasteiger partial charge is 0.0610 e. The summed E-state index contributed by atoms with van der Waals surface area (Å²) >= 11 is 0. The molecule has 0 aliphatic heterocycles. The Kier molecular flexibility index (Phi) is 8.02. The topological polar surface area (TPSA) is 41.5 Å². The second-order valence-corrected chi connectivity index (χ2v) is 4.52. The van der Waals surface area contributed by atoms with Crippen molar-refractivity contribution in [2.24, 2.45) is 0 Å². The molecule has 0 aromatic carbocycles. The van der Waals surface area contributed by atoms with Gasteiger partial charge in [-0.3, -0.25) is 0 Å². The minimum absolute atomic E-state index is 0.129. The van der Waals surface area contributed by atoms with Gasteiger partial charge in [-0.15, -0.1) is 0 Å². The van der Waals surface area contributed by atoms with Gasteiger partial charge in [0.05, 0.1) is 12.7 Å². The van der Waals surface area contributed by atoms with Crippen molar-refractivity contribution in [1.82, 2.24) is 5.32 Å². The highest BCUT2D eigenvalue weighted by Crippen LogP contribution is 2.12. The molecular weight excluding hydrogens is 190 g/mol. The highest BCUT2D eigenvalue weighted by molar-refractivity contribution is 4.79. The Bertz CT molecular complexity index is 147. The van der Waals surface area contributed by atoms with E-state index in [0.29, 0.717) is 6.10 Å². The van der Waals surface area contributed by atoms with E-state index >= 15 is 0 Å². The number of unbranched alkanes of at least 4 members (excludes halogenated alkanes) is 1. The van der Waals surface area contributed by atoms with E-state index in [4.69, 9.17) is 4.74 Å². The van der Waals surface area contributed by atoms with Gasteiger partial charge in [-0.1, -0.05) is 6.92 Å². The average molecular weight is 217 g/mol. The van der Waals surface area contributed by atoms with Crippen LogP contribution in [0.5, 0.6) is 0 Å². The minimum atomic E-state index is -0.129. The number of ether oxygens (including phenoxy) is 1. The van der Waals surface area contributed by atoms with E-state index in [1.807, 2.05) is 14.0 Å². The third-order valence-electron chi connectivity index (χ3n) is 3.05. The molecule has 0 rings (SSSR count). The van der Waals surface area contributed by atoms with Crippen molar-refractivity contribution in [3.63, 3.8) is 0 Å². The fourth-order valence-electron chi connectivity index (χ4n) is 1.30. The van der Waals surface area contributed by atoms with E-state index in [1.54, 1.807) is 0 Å². The summed E-state index contributed by atoms with van der Waals surface area (Å²) in [6.45, 7) is 7.30. The van der Waals surface area contributed by atoms with Crippen molar-refractivity contribution in [2.75, 3.05) is 20.3 Å². The standard InChI is InChI=1S/C12H27NO2/c1-5-11(2)15-9-7-6-8-12(3,10-14)13-4/h11,13-14H,5-10H2,1-4H3. The van der Waals surface area contributed by atoms with Gasteiger partial charge in [0, 0.05) is 12.1 Å². The van der Waals surface area contributed by atoms with Crippen LogP contribution >= 0.6 is 0 Å². The molecule has 0 saturated carbocycles. The van der Waals surface area contributed by atoms with Gasteiger partial charge in [-0.2, -0.15) is 0 Å². The predicted octanol–water partition coefficient (Wildman–Crippen LogP) is 1.94. The highest BCUT2D eigenvalue weighted by atomic mass is 16.5. The van der Waals surface area contributed by atoms with Gasteiger partial charge in [0.25, 0.3) is 0 Å². The van der Waals surface area contributed by atoms with Crippen molar-refractivity contribution < 1.29 is 9.84 Å². The SMILES string of the molecule is CCC(C)OCCCCC(C)(CO)NC. The second kappa shape index (κ2) is 8.08. The molecule has 0 spiro atoms. The molecule has 15 heavy (non-hydrogen) atoms. The highest BCUT2D eigenvalue weighted by Gasteiger charge is 2.19. The van der Waals surface area contributed by atoms with Crippen LogP contribution in [-0.4, -0.2) is 37.0 Å². The monoisotopic (exact) mass is 217 g/mol. The lowest BCUT2D eigenvalue weighted by atomic mass is 9.96. The molecule has 3 heteroatoms. The van der Waals surface area contributed by atoms with E-state index in [-0.39, 0.29) is 12.1 Å². The van der Waals surface area contributed by atoms with Crippen LogP contribution in [0.2, 0.25) is 0 Å². The van der Waals surface area contributed by atoms with Crippen molar-refractivity contribution in [2.45, 2.75) is 58.1 Å². The molecule has 0 aromatic heterocycles. The molecule has 3 nitrogen and oxygen atoms in total. The number of likely N-dealkylation sites (N-methyl/N-ethyl adjacent to an activating group) is 1. The molecule has 2 atom stereocenters. The van der Waals surface area contributed by atoms with Crippen LogP contribution in [0.1, 0.15) is 46.5 Å². The van der Waals surface area contributed by atoms with Crippen LogP contribution in [0.3, 0.4) is 0 Å². The van der Waals surface area contributed by atoms with Gasteiger partial charge >= 0.3 is 0 Å². The van der Waals surface area contributed by atoms with Crippen molar-refractivity contribution in [3.8, 4) is 0 Å². The molecule has 0 saturated heterocycles. The molecule has 0 amide bonds. The lowest BCUT2D eigenvalue weighted by molar-refractivity contribution is 0.0589. The number of hydrogen-bond acceptors (Lipinski definition) is 3. The molecule has 0 aliphatic rings. The lowest BCUT2D eigenvalue weighted by Crippen LogP contribution is -2.43. The van der Waals surface area contributed by atoms with E-state index < -0.39 is 0 Å². The zero-order valence-corrected chi connectivity index (χ0v) is 10.7. The summed E-state index contributed by atoms with van der Waals surface area (Å²) < 4.78 is 5.59. The fourth-order valence-corrected chi connectivity index (χ4v) is 1.30. The Morgan fingerprint density at radius 1 is 1.40 bits per heavy atom. The average Bonchev–Trinajstić information content (AvgIpc) is 2.27. The molecule has 0 aromatic rings. The van der Waals surface area contributed by atoms with Gasteiger partial charge in [0.1, 0.15) is 0 Å². The summed E-state index contributed by atoms with van der Waals surface area (Å²) in [6, 6.07) is 0. The maximum absolute atomic E-state index is 9.17. The molecule has 2 N–H and O–H groups in total. The number of aliphatic hydroxyl groups is 1. The molecule has 0 radical (unpaired) electrons. The number of rotatable bonds is 9. The molecule has 0 fully saturated rings. The van der Waals surface area contributed by atoms with Crippen LogP contribution in [-0.2, 0) is 4.74 Å². The summed E-state index contributed by atoms with van der Waals surface area (Å²) in [5.74, 6) is 0. The lowest BCUT2D eigenvalue weighted by Gasteiger charge is -2.26. The summed E-state index contributed by atoms with van der Waals surface area (Å²) in [5, 5.41) is 12.3. The number of hydrogen-bond donors (Lipinski definition) is 2. The Balaban J connectivity index is 3.45. The van der Waals surface area contributed by atoms with Crippen molar-refractivity contribution in [1.29, 1.82) is 0 Å². The first-order valence-electron chi connectivity index (χ1n) is 5.99. The predicted molar refractivity (Wildman–Crippen MR) is 64.1 cm³/mol. The third-order valence-corrected chi connectivity index (χ3v) is 3.05. The molecule has 2 unspecified atom stereocenters. The Labute approximate surface area is 94.2 Å². The number of aliphatic hydroxyl groups excluding tert-OH is 1. The zero-order chi connectivity index (χ0) is 11.7. The molecule has 0 bridgehead atoms. The molecule has 0 aliphatic carbocycles. The zero-order valence-electron chi connectivity index (χ0n) is 10.7. The van der Waals surface area contributed by atoms with Crippen LogP contribution < -0.4 is 5.32 Å². The first kappa shape index (κ1) is 14.9. The minimum Gasteiger partial charge on any atom is -0.394 e. The number of nitrogens with one attached hydrogen (secondary N) is 1. The van der Waals surface area contributed by atoms with E-state index in [1.165, 1.54) is 0 Å². The van der Waals surface area contributed by atoms with E-state index in [0.717, 1.165) is 32.3 Å². The third kappa shape index (κ3) is 6.88. The maximum atomic E-state index is 9.17. The van der Waals surface area contributed by atoms with Gasteiger partial charge < -0.3 is 15.2 Å². The Hall–Kier alpha value is -0.120. The van der Waals surface area contributed by atoms with E-state index in [9.17, 15) is 5.11 Å².